The average Bonchev–Trinajstić information content (AvgIpc) is 2.35. The third kappa shape index (κ3) is 5.09. The number of carbonyl (C=O) groups is 2. The van der Waals surface area contributed by atoms with Crippen molar-refractivity contribution in [2.75, 3.05) is 0 Å². The van der Waals surface area contributed by atoms with Gasteiger partial charge in [0.1, 0.15) is 11.6 Å². The molecule has 2 N–H and O–H groups in total. The number of aliphatic carboxylic acids is 2. The summed E-state index contributed by atoms with van der Waals surface area (Å²) in [7, 11) is 0. The summed E-state index contributed by atoms with van der Waals surface area (Å²) in [6.45, 7) is 1.81. The standard InChI is InChI=1S/C14H15FO5/c1-2-3-12(14(18)19)20-11-7-9(4-5-13(16)17)6-10(15)8-11/h4-8,12H,2-3H2,1H3,(H,16,17)(H,18,19)/b5-4+. The van der Waals surface area contributed by atoms with Crippen LogP contribution in [0.4, 0.5) is 4.39 Å². The molecule has 0 heterocycles. The van der Waals surface area contributed by atoms with Gasteiger partial charge in [-0.15, -0.1) is 0 Å². The molecule has 0 bridgehead atoms. The summed E-state index contributed by atoms with van der Waals surface area (Å²) < 4.78 is 18.6. The molecule has 1 rings (SSSR count). The molecule has 5 nitrogen and oxygen atoms in total. The molecular weight excluding hydrogens is 267 g/mol. The van der Waals surface area contributed by atoms with E-state index in [9.17, 15) is 14.0 Å². The van der Waals surface area contributed by atoms with Crippen LogP contribution in [0.3, 0.4) is 0 Å². The van der Waals surface area contributed by atoms with Crippen LogP contribution in [0, 0.1) is 5.82 Å². The smallest absolute Gasteiger partial charge is 0.344 e. The van der Waals surface area contributed by atoms with Crippen molar-refractivity contribution >= 4 is 18.0 Å². The number of hydrogen-bond donors (Lipinski definition) is 2. The zero-order valence-electron chi connectivity index (χ0n) is 10.9. The van der Waals surface area contributed by atoms with E-state index in [1.165, 1.54) is 12.1 Å². The van der Waals surface area contributed by atoms with Crippen LogP contribution in [0.2, 0.25) is 0 Å². The lowest BCUT2D eigenvalue weighted by molar-refractivity contribution is -0.145. The van der Waals surface area contributed by atoms with Gasteiger partial charge in [0, 0.05) is 12.1 Å². The van der Waals surface area contributed by atoms with E-state index in [1.807, 2.05) is 6.92 Å². The maximum Gasteiger partial charge on any atom is 0.344 e. The lowest BCUT2D eigenvalue weighted by atomic mass is 10.1. The van der Waals surface area contributed by atoms with Gasteiger partial charge in [-0.05, 0) is 30.2 Å². The van der Waals surface area contributed by atoms with Crippen molar-refractivity contribution in [1.29, 1.82) is 0 Å². The quantitative estimate of drug-likeness (QED) is 0.751. The molecule has 1 atom stereocenters. The third-order valence-corrected chi connectivity index (χ3v) is 2.42. The van der Waals surface area contributed by atoms with Crippen LogP contribution in [-0.2, 0) is 9.59 Å². The predicted molar refractivity (Wildman–Crippen MR) is 70.0 cm³/mol. The van der Waals surface area contributed by atoms with Crippen LogP contribution in [0.1, 0.15) is 25.3 Å². The number of rotatable bonds is 7. The first-order valence-electron chi connectivity index (χ1n) is 6.03. The van der Waals surface area contributed by atoms with Gasteiger partial charge in [0.2, 0.25) is 0 Å². The summed E-state index contributed by atoms with van der Waals surface area (Å²) in [6, 6.07) is 3.57. The molecule has 0 aliphatic carbocycles. The van der Waals surface area contributed by atoms with Gasteiger partial charge in [-0.3, -0.25) is 0 Å². The highest BCUT2D eigenvalue weighted by molar-refractivity contribution is 5.85. The highest BCUT2D eigenvalue weighted by atomic mass is 19.1. The van der Waals surface area contributed by atoms with E-state index in [-0.39, 0.29) is 11.3 Å². The van der Waals surface area contributed by atoms with Crippen LogP contribution in [-0.4, -0.2) is 28.3 Å². The molecular formula is C14H15FO5. The molecule has 0 spiro atoms. The fourth-order valence-corrected chi connectivity index (χ4v) is 1.58. The first-order valence-corrected chi connectivity index (χ1v) is 6.03. The van der Waals surface area contributed by atoms with Crippen molar-refractivity contribution in [3.8, 4) is 5.75 Å². The van der Waals surface area contributed by atoms with Gasteiger partial charge >= 0.3 is 11.9 Å². The minimum Gasteiger partial charge on any atom is -0.479 e. The van der Waals surface area contributed by atoms with Crippen molar-refractivity contribution in [2.24, 2.45) is 0 Å². The second-order valence-electron chi connectivity index (χ2n) is 4.13. The Kier molecular flexibility index (Phi) is 5.71. The molecule has 0 aromatic heterocycles. The molecule has 20 heavy (non-hydrogen) atoms. The summed E-state index contributed by atoms with van der Waals surface area (Å²) in [6.07, 6.45) is 1.91. The number of carboxylic acid groups (broad SMARTS) is 2. The Morgan fingerprint density at radius 1 is 1.35 bits per heavy atom. The zero-order valence-corrected chi connectivity index (χ0v) is 10.9. The Balaban J connectivity index is 2.94. The lowest BCUT2D eigenvalue weighted by Gasteiger charge is -2.14. The largest absolute Gasteiger partial charge is 0.479 e. The Morgan fingerprint density at radius 2 is 2.05 bits per heavy atom. The highest BCUT2D eigenvalue weighted by Gasteiger charge is 2.18. The Labute approximate surface area is 115 Å². The molecule has 0 fully saturated rings. The van der Waals surface area contributed by atoms with E-state index in [2.05, 4.69) is 0 Å². The van der Waals surface area contributed by atoms with Crippen LogP contribution >= 0.6 is 0 Å². The number of benzene rings is 1. The molecule has 0 amide bonds. The summed E-state index contributed by atoms with van der Waals surface area (Å²) in [5.41, 5.74) is 0.281. The SMILES string of the molecule is CCCC(Oc1cc(F)cc(/C=C/C(=O)O)c1)C(=O)O. The first kappa shape index (κ1) is 15.7. The van der Waals surface area contributed by atoms with Gasteiger partial charge in [-0.1, -0.05) is 13.3 Å². The minimum atomic E-state index is -1.16. The normalized spacial score (nSPS) is 12.3. The molecule has 0 aliphatic heterocycles. The number of carboxylic acids is 2. The van der Waals surface area contributed by atoms with Gasteiger partial charge in [0.25, 0.3) is 0 Å². The number of halogens is 1. The molecule has 108 valence electrons. The van der Waals surface area contributed by atoms with Crippen molar-refractivity contribution < 1.29 is 28.9 Å². The summed E-state index contributed by atoms with van der Waals surface area (Å²) in [5, 5.41) is 17.5. The zero-order chi connectivity index (χ0) is 15.1. The average molecular weight is 282 g/mol. The minimum absolute atomic E-state index is 0.0517. The van der Waals surface area contributed by atoms with Gasteiger partial charge in [0.15, 0.2) is 6.10 Å². The highest BCUT2D eigenvalue weighted by Crippen LogP contribution is 2.20. The summed E-state index contributed by atoms with van der Waals surface area (Å²) in [5.74, 6) is -2.87. The number of hydrogen-bond acceptors (Lipinski definition) is 3. The molecule has 6 heteroatoms. The van der Waals surface area contributed by atoms with E-state index in [0.717, 1.165) is 18.2 Å². The molecule has 0 aliphatic rings. The third-order valence-electron chi connectivity index (χ3n) is 2.42. The first-order chi connectivity index (χ1) is 9.42. The van der Waals surface area contributed by atoms with E-state index in [1.54, 1.807) is 0 Å². The molecule has 1 aromatic rings. The van der Waals surface area contributed by atoms with Crippen molar-refractivity contribution in [3.05, 3.63) is 35.7 Å². The van der Waals surface area contributed by atoms with E-state index in [0.29, 0.717) is 12.8 Å². The topological polar surface area (TPSA) is 83.8 Å². The van der Waals surface area contributed by atoms with Crippen molar-refractivity contribution in [3.63, 3.8) is 0 Å². The second kappa shape index (κ2) is 7.28. The fraction of sp³-hybridized carbons (Fsp3) is 0.286. The molecule has 0 saturated carbocycles. The van der Waals surface area contributed by atoms with Crippen molar-refractivity contribution in [1.82, 2.24) is 0 Å². The molecule has 0 saturated heterocycles. The maximum absolute atomic E-state index is 13.4. The molecule has 1 unspecified atom stereocenters. The summed E-state index contributed by atoms with van der Waals surface area (Å²) in [4.78, 5) is 21.4. The van der Waals surface area contributed by atoms with E-state index in [4.69, 9.17) is 14.9 Å². The van der Waals surface area contributed by atoms with Crippen LogP contribution in [0.25, 0.3) is 6.08 Å². The van der Waals surface area contributed by atoms with Gasteiger partial charge < -0.3 is 14.9 Å². The van der Waals surface area contributed by atoms with Gasteiger partial charge in [0.05, 0.1) is 0 Å². The maximum atomic E-state index is 13.4. The van der Waals surface area contributed by atoms with Gasteiger partial charge in [-0.25, -0.2) is 14.0 Å². The Morgan fingerprint density at radius 3 is 2.60 bits per heavy atom. The Bertz CT molecular complexity index is 524. The monoisotopic (exact) mass is 282 g/mol. The van der Waals surface area contributed by atoms with Gasteiger partial charge in [-0.2, -0.15) is 0 Å². The molecule has 1 aromatic carbocycles. The van der Waals surface area contributed by atoms with E-state index >= 15 is 0 Å². The molecule has 0 radical (unpaired) electrons. The van der Waals surface area contributed by atoms with Crippen LogP contribution in [0.15, 0.2) is 24.3 Å². The second-order valence-corrected chi connectivity index (χ2v) is 4.13. The van der Waals surface area contributed by atoms with Crippen LogP contribution < -0.4 is 4.74 Å². The van der Waals surface area contributed by atoms with Crippen molar-refractivity contribution in [2.45, 2.75) is 25.9 Å². The predicted octanol–water partition coefficient (Wildman–Crippen LogP) is 2.56. The Hall–Kier alpha value is -2.37. The summed E-state index contributed by atoms with van der Waals surface area (Å²) >= 11 is 0. The van der Waals surface area contributed by atoms with Crippen LogP contribution in [0.5, 0.6) is 5.75 Å². The van der Waals surface area contributed by atoms with E-state index < -0.39 is 23.9 Å². The fourth-order valence-electron chi connectivity index (χ4n) is 1.58. The number of ether oxygens (including phenoxy) is 1. The lowest BCUT2D eigenvalue weighted by Crippen LogP contribution is -2.26.